The van der Waals surface area contributed by atoms with E-state index in [9.17, 15) is 4.79 Å². The van der Waals surface area contributed by atoms with E-state index in [2.05, 4.69) is 13.8 Å². The Labute approximate surface area is 86.6 Å². The van der Waals surface area contributed by atoms with Gasteiger partial charge in [-0.2, -0.15) is 0 Å². The Bertz CT molecular complexity index is 213. The first-order valence-corrected chi connectivity index (χ1v) is 5.50. The van der Waals surface area contributed by atoms with Gasteiger partial charge in [0.25, 0.3) is 0 Å². The molecular formula is C11H22N2O. The van der Waals surface area contributed by atoms with Gasteiger partial charge in [0, 0.05) is 18.0 Å². The SMILES string of the molecule is CC(CCN)C(=O)N1CCCC1(C)C. The highest BCUT2D eigenvalue weighted by Gasteiger charge is 2.36. The summed E-state index contributed by atoms with van der Waals surface area (Å²) in [6, 6.07) is 0. The molecule has 0 radical (unpaired) electrons. The molecule has 1 aliphatic heterocycles. The number of rotatable bonds is 3. The second-order valence-electron chi connectivity index (χ2n) is 4.88. The first-order chi connectivity index (χ1) is 6.49. The van der Waals surface area contributed by atoms with Crippen molar-refractivity contribution >= 4 is 5.91 Å². The molecule has 0 aliphatic carbocycles. The molecule has 1 amide bonds. The van der Waals surface area contributed by atoms with Crippen LogP contribution in [0.15, 0.2) is 0 Å². The minimum Gasteiger partial charge on any atom is -0.337 e. The second-order valence-corrected chi connectivity index (χ2v) is 4.88. The summed E-state index contributed by atoms with van der Waals surface area (Å²) in [5.74, 6) is 0.357. The molecule has 1 saturated heterocycles. The summed E-state index contributed by atoms with van der Waals surface area (Å²) in [7, 11) is 0. The number of nitrogens with zero attached hydrogens (tertiary/aromatic N) is 1. The van der Waals surface area contributed by atoms with Crippen molar-refractivity contribution in [1.29, 1.82) is 0 Å². The van der Waals surface area contributed by atoms with Gasteiger partial charge in [-0.05, 0) is 39.7 Å². The van der Waals surface area contributed by atoms with E-state index in [0.29, 0.717) is 6.54 Å². The molecule has 2 N–H and O–H groups in total. The molecule has 0 spiro atoms. The Morgan fingerprint density at radius 1 is 1.57 bits per heavy atom. The van der Waals surface area contributed by atoms with Crippen molar-refractivity contribution < 1.29 is 4.79 Å². The van der Waals surface area contributed by atoms with E-state index in [1.54, 1.807) is 0 Å². The average molecular weight is 198 g/mol. The average Bonchev–Trinajstić information content (AvgIpc) is 2.44. The lowest BCUT2D eigenvalue weighted by Crippen LogP contribution is -2.45. The first-order valence-electron chi connectivity index (χ1n) is 5.50. The van der Waals surface area contributed by atoms with Crippen molar-refractivity contribution in [3.05, 3.63) is 0 Å². The van der Waals surface area contributed by atoms with Crippen molar-refractivity contribution in [2.75, 3.05) is 13.1 Å². The van der Waals surface area contributed by atoms with Gasteiger partial charge in [-0.25, -0.2) is 0 Å². The van der Waals surface area contributed by atoms with Gasteiger partial charge < -0.3 is 10.6 Å². The number of carbonyl (C=O) groups is 1. The smallest absolute Gasteiger partial charge is 0.225 e. The van der Waals surface area contributed by atoms with E-state index in [-0.39, 0.29) is 17.4 Å². The molecule has 82 valence electrons. The molecule has 1 rings (SSSR count). The molecule has 1 aliphatic rings. The highest BCUT2D eigenvalue weighted by atomic mass is 16.2. The van der Waals surface area contributed by atoms with Gasteiger partial charge in [-0.1, -0.05) is 6.92 Å². The lowest BCUT2D eigenvalue weighted by molar-refractivity contribution is -0.138. The monoisotopic (exact) mass is 198 g/mol. The van der Waals surface area contributed by atoms with Crippen LogP contribution in [0.1, 0.15) is 40.0 Å². The van der Waals surface area contributed by atoms with E-state index in [1.165, 1.54) is 0 Å². The minimum atomic E-state index is 0.0555. The first kappa shape index (κ1) is 11.5. The molecule has 0 bridgehead atoms. The molecule has 0 aromatic carbocycles. The van der Waals surface area contributed by atoms with Crippen molar-refractivity contribution in [1.82, 2.24) is 4.90 Å². The summed E-state index contributed by atoms with van der Waals surface area (Å²) >= 11 is 0. The third-order valence-corrected chi connectivity index (χ3v) is 3.19. The van der Waals surface area contributed by atoms with Crippen LogP contribution in [-0.4, -0.2) is 29.4 Å². The maximum atomic E-state index is 12.0. The molecule has 0 aromatic rings. The highest BCUT2D eigenvalue weighted by molar-refractivity contribution is 5.79. The number of carbonyl (C=O) groups excluding carboxylic acids is 1. The molecule has 1 unspecified atom stereocenters. The normalized spacial score (nSPS) is 22.4. The number of hydrogen-bond donors (Lipinski definition) is 1. The fraction of sp³-hybridized carbons (Fsp3) is 0.909. The van der Waals surface area contributed by atoms with Crippen molar-refractivity contribution in [3.63, 3.8) is 0 Å². The largest absolute Gasteiger partial charge is 0.337 e. The molecule has 3 nitrogen and oxygen atoms in total. The number of likely N-dealkylation sites (tertiary alicyclic amines) is 1. The zero-order valence-electron chi connectivity index (χ0n) is 9.55. The lowest BCUT2D eigenvalue weighted by Gasteiger charge is -2.33. The number of amides is 1. The third-order valence-electron chi connectivity index (χ3n) is 3.19. The summed E-state index contributed by atoms with van der Waals surface area (Å²) in [6.07, 6.45) is 3.05. The minimum absolute atomic E-state index is 0.0555. The molecule has 1 heterocycles. The molecular weight excluding hydrogens is 176 g/mol. The number of nitrogens with two attached hydrogens (primary N) is 1. The van der Waals surface area contributed by atoms with Crippen LogP contribution in [0, 0.1) is 5.92 Å². The molecule has 1 fully saturated rings. The van der Waals surface area contributed by atoms with Gasteiger partial charge in [0.15, 0.2) is 0 Å². The van der Waals surface area contributed by atoms with Crippen molar-refractivity contribution in [2.24, 2.45) is 11.7 Å². The van der Waals surface area contributed by atoms with Crippen LogP contribution in [0.3, 0.4) is 0 Å². The predicted molar refractivity (Wildman–Crippen MR) is 57.9 cm³/mol. The van der Waals surface area contributed by atoms with Crippen LogP contribution in [0.25, 0.3) is 0 Å². The maximum absolute atomic E-state index is 12.0. The van der Waals surface area contributed by atoms with Crippen LogP contribution in [0.5, 0.6) is 0 Å². The Morgan fingerprint density at radius 3 is 2.64 bits per heavy atom. The van der Waals surface area contributed by atoms with E-state index in [0.717, 1.165) is 25.8 Å². The van der Waals surface area contributed by atoms with E-state index < -0.39 is 0 Å². The zero-order chi connectivity index (χ0) is 10.8. The van der Waals surface area contributed by atoms with Crippen molar-refractivity contribution in [3.8, 4) is 0 Å². The van der Waals surface area contributed by atoms with Gasteiger partial charge in [0.1, 0.15) is 0 Å². The molecule has 3 heteroatoms. The third kappa shape index (κ3) is 2.27. The van der Waals surface area contributed by atoms with Crippen LogP contribution >= 0.6 is 0 Å². The van der Waals surface area contributed by atoms with E-state index >= 15 is 0 Å². The van der Waals surface area contributed by atoms with Gasteiger partial charge in [-0.3, -0.25) is 4.79 Å². The predicted octanol–water partition coefficient (Wildman–Crippen LogP) is 1.37. The van der Waals surface area contributed by atoms with E-state index in [4.69, 9.17) is 5.73 Å². The zero-order valence-corrected chi connectivity index (χ0v) is 9.55. The second kappa shape index (κ2) is 4.30. The molecule has 14 heavy (non-hydrogen) atoms. The fourth-order valence-corrected chi connectivity index (χ4v) is 2.16. The summed E-state index contributed by atoms with van der Waals surface area (Å²) < 4.78 is 0. The Hall–Kier alpha value is -0.570. The van der Waals surface area contributed by atoms with Crippen LogP contribution < -0.4 is 5.73 Å². The molecule has 1 atom stereocenters. The van der Waals surface area contributed by atoms with Crippen LogP contribution in [0.2, 0.25) is 0 Å². The summed E-state index contributed by atoms with van der Waals surface area (Å²) in [5, 5.41) is 0. The fourth-order valence-electron chi connectivity index (χ4n) is 2.16. The molecule has 0 saturated carbocycles. The Balaban J connectivity index is 2.60. The van der Waals surface area contributed by atoms with Gasteiger partial charge >= 0.3 is 0 Å². The standard InChI is InChI=1S/C11H22N2O/c1-9(5-7-12)10(14)13-8-4-6-11(13,2)3/h9H,4-8,12H2,1-3H3. The topological polar surface area (TPSA) is 46.3 Å². The van der Waals surface area contributed by atoms with Gasteiger partial charge in [0.2, 0.25) is 5.91 Å². The lowest BCUT2D eigenvalue weighted by atomic mass is 9.99. The van der Waals surface area contributed by atoms with Crippen molar-refractivity contribution in [2.45, 2.75) is 45.6 Å². The van der Waals surface area contributed by atoms with E-state index in [1.807, 2.05) is 11.8 Å². The summed E-state index contributed by atoms with van der Waals surface area (Å²) in [5.41, 5.74) is 5.52. The summed E-state index contributed by atoms with van der Waals surface area (Å²) in [4.78, 5) is 14.0. The number of hydrogen-bond acceptors (Lipinski definition) is 2. The Morgan fingerprint density at radius 2 is 2.21 bits per heavy atom. The van der Waals surface area contributed by atoms with Crippen LogP contribution in [0.4, 0.5) is 0 Å². The molecule has 0 aromatic heterocycles. The van der Waals surface area contributed by atoms with Gasteiger partial charge in [-0.15, -0.1) is 0 Å². The quantitative estimate of drug-likeness (QED) is 0.744. The Kier molecular flexibility index (Phi) is 3.53. The highest BCUT2D eigenvalue weighted by Crippen LogP contribution is 2.29. The summed E-state index contributed by atoms with van der Waals surface area (Å²) in [6.45, 7) is 7.78. The van der Waals surface area contributed by atoms with Crippen LogP contribution in [-0.2, 0) is 4.79 Å². The maximum Gasteiger partial charge on any atom is 0.225 e. The van der Waals surface area contributed by atoms with Gasteiger partial charge in [0.05, 0.1) is 0 Å².